The van der Waals surface area contributed by atoms with Gasteiger partial charge in [0.15, 0.2) is 0 Å². The molecule has 0 spiro atoms. The van der Waals surface area contributed by atoms with Crippen LogP contribution in [0.4, 0.5) is 11.4 Å². The van der Waals surface area contributed by atoms with Gasteiger partial charge in [-0.2, -0.15) is 0 Å². The third-order valence-electron chi connectivity index (χ3n) is 3.33. The summed E-state index contributed by atoms with van der Waals surface area (Å²) in [5, 5.41) is 19.0. The van der Waals surface area contributed by atoms with E-state index in [1.807, 2.05) is 36.4 Å². The van der Waals surface area contributed by atoms with Crippen molar-refractivity contribution in [3.8, 4) is 11.5 Å². The van der Waals surface area contributed by atoms with Gasteiger partial charge in [0.1, 0.15) is 11.5 Å². The zero-order valence-corrected chi connectivity index (χ0v) is 12.9. The first-order valence-electron chi connectivity index (χ1n) is 7.46. The number of nitrogens with zero attached hydrogens (tertiary/aromatic N) is 2. The van der Waals surface area contributed by atoms with Crippen LogP contribution in [0.5, 0.6) is 11.5 Å². The number of phenolic OH excluding ortho intramolecular Hbond substituents is 2. The summed E-state index contributed by atoms with van der Waals surface area (Å²) in [6.07, 6.45) is 3.37. The van der Waals surface area contributed by atoms with Gasteiger partial charge < -0.3 is 10.2 Å². The summed E-state index contributed by atoms with van der Waals surface area (Å²) in [6, 6.07) is 21.3. The van der Waals surface area contributed by atoms with E-state index in [4.69, 9.17) is 0 Å². The number of aliphatic imine (C=N–C) groups is 2. The van der Waals surface area contributed by atoms with Crippen LogP contribution in [0.2, 0.25) is 0 Å². The van der Waals surface area contributed by atoms with Crippen LogP contribution < -0.4 is 0 Å². The van der Waals surface area contributed by atoms with E-state index in [0.717, 1.165) is 22.5 Å². The van der Waals surface area contributed by atoms with Crippen molar-refractivity contribution in [2.24, 2.45) is 9.98 Å². The van der Waals surface area contributed by atoms with Crippen molar-refractivity contribution < 1.29 is 10.2 Å². The fraction of sp³-hybridized carbons (Fsp3) is 0. The number of para-hydroxylation sites is 2. The van der Waals surface area contributed by atoms with Gasteiger partial charge in [-0.1, -0.05) is 36.4 Å². The minimum atomic E-state index is 0.203. The lowest BCUT2D eigenvalue weighted by molar-refractivity contribution is 0.474. The van der Waals surface area contributed by atoms with E-state index < -0.39 is 0 Å². The molecule has 0 fully saturated rings. The predicted octanol–water partition coefficient (Wildman–Crippen LogP) is 4.60. The molecule has 0 radical (unpaired) electrons. The molecule has 3 rings (SSSR count). The molecule has 4 heteroatoms. The first-order chi connectivity index (χ1) is 11.7. The summed E-state index contributed by atoms with van der Waals surface area (Å²) in [4.78, 5) is 8.90. The van der Waals surface area contributed by atoms with Crippen molar-refractivity contribution in [2.45, 2.75) is 0 Å². The quantitative estimate of drug-likeness (QED) is 0.691. The highest BCUT2D eigenvalue weighted by Crippen LogP contribution is 2.27. The number of rotatable bonds is 4. The van der Waals surface area contributed by atoms with E-state index in [1.165, 1.54) is 0 Å². The van der Waals surface area contributed by atoms with E-state index in [1.54, 1.807) is 48.8 Å². The predicted molar refractivity (Wildman–Crippen MR) is 97.2 cm³/mol. The van der Waals surface area contributed by atoms with Gasteiger partial charge in [-0.25, -0.2) is 0 Å². The minimum Gasteiger partial charge on any atom is -0.508 e. The molecule has 0 atom stereocenters. The van der Waals surface area contributed by atoms with E-state index in [2.05, 4.69) is 9.98 Å². The molecule has 0 saturated carbocycles. The maximum atomic E-state index is 9.49. The Morgan fingerprint density at radius 2 is 1.04 bits per heavy atom. The van der Waals surface area contributed by atoms with Gasteiger partial charge in [-0.05, 0) is 47.5 Å². The van der Waals surface area contributed by atoms with Crippen LogP contribution in [0.15, 0.2) is 82.8 Å². The molecule has 0 amide bonds. The number of phenols is 2. The van der Waals surface area contributed by atoms with Crippen molar-refractivity contribution in [1.82, 2.24) is 0 Å². The Hall–Kier alpha value is -3.40. The van der Waals surface area contributed by atoms with Gasteiger partial charge in [0.05, 0.1) is 11.4 Å². The van der Waals surface area contributed by atoms with Crippen LogP contribution in [0.3, 0.4) is 0 Å². The number of hydrogen-bond acceptors (Lipinski definition) is 4. The molecule has 0 bridgehead atoms. The second-order valence-electron chi connectivity index (χ2n) is 5.20. The third-order valence-corrected chi connectivity index (χ3v) is 3.33. The summed E-state index contributed by atoms with van der Waals surface area (Å²) in [5.41, 5.74) is 3.05. The first kappa shape index (κ1) is 15.5. The maximum Gasteiger partial charge on any atom is 0.116 e. The normalized spacial score (nSPS) is 11.3. The van der Waals surface area contributed by atoms with Crippen molar-refractivity contribution in [3.05, 3.63) is 83.9 Å². The monoisotopic (exact) mass is 316 g/mol. The lowest BCUT2D eigenvalue weighted by Gasteiger charge is -2.00. The van der Waals surface area contributed by atoms with Gasteiger partial charge in [-0.3, -0.25) is 9.98 Å². The molecule has 0 aliphatic heterocycles. The Morgan fingerprint density at radius 3 is 1.46 bits per heavy atom. The van der Waals surface area contributed by atoms with Crippen LogP contribution >= 0.6 is 0 Å². The fourth-order valence-corrected chi connectivity index (χ4v) is 2.18. The van der Waals surface area contributed by atoms with Crippen LogP contribution in [0, 0.1) is 0 Å². The molecule has 118 valence electrons. The van der Waals surface area contributed by atoms with Crippen molar-refractivity contribution in [3.63, 3.8) is 0 Å². The lowest BCUT2D eigenvalue weighted by atomic mass is 10.2. The van der Waals surface area contributed by atoms with Gasteiger partial charge in [0.25, 0.3) is 0 Å². The second-order valence-corrected chi connectivity index (χ2v) is 5.20. The minimum absolute atomic E-state index is 0.203. The molecule has 2 N–H and O–H groups in total. The Labute approximate surface area is 140 Å². The van der Waals surface area contributed by atoms with Gasteiger partial charge in [-0.15, -0.1) is 0 Å². The van der Waals surface area contributed by atoms with E-state index in [0.29, 0.717) is 0 Å². The fourth-order valence-electron chi connectivity index (χ4n) is 2.18. The molecule has 4 nitrogen and oxygen atoms in total. The molecule has 0 aliphatic carbocycles. The Bertz CT molecular complexity index is 827. The number of aromatic hydroxyl groups is 2. The highest BCUT2D eigenvalue weighted by Gasteiger charge is 1.98. The summed E-state index contributed by atoms with van der Waals surface area (Å²) in [6.45, 7) is 0. The summed E-state index contributed by atoms with van der Waals surface area (Å²) in [7, 11) is 0. The molecule has 0 heterocycles. The van der Waals surface area contributed by atoms with E-state index >= 15 is 0 Å². The third kappa shape index (κ3) is 4.08. The molecule has 0 aromatic heterocycles. The van der Waals surface area contributed by atoms with Crippen LogP contribution in [0.25, 0.3) is 0 Å². The molecule has 24 heavy (non-hydrogen) atoms. The maximum absolute atomic E-state index is 9.49. The number of benzene rings is 3. The summed E-state index contributed by atoms with van der Waals surface area (Å²) in [5.74, 6) is 0.406. The molecule has 3 aromatic rings. The van der Waals surface area contributed by atoms with Crippen LogP contribution in [-0.2, 0) is 0 Å². The average Bonchev–Trinajstić information content (AvgIpc) is 2.59. The van der Waals surface area contributed by atoms with Crippen LogP contribution in [0.1, 0.15) is 11.1 Å². The molecule has 0 aliphatic rings. The summed E-state index contributed by atoms with van der Waals surface area (Å²) < 4.78 is 0. The topological polar surface area (TPSA) is 65.2 Å². The lowest BCUT2D eigenvalue weighted by Crippen LogP contribution is -1.81. The van der Waals surface area contributed by atoms with Gasteiger partial charge >= 0.3 is 0 Å². The Kier molecular flexibility index (Phi) is 4.68. The highest BCUT2D eigenvalue weighted by molar-refractivity contribution is 5.87. The molecular formula is C20H16N2O2. The van der Waals surface area contributed by atoms with Crippen molar-refractivity contribution >= 4 is 23.8 Å². The molecule has 3 aromatic carbocycles. The standard InChI is InChI=1S/C20H16N2O2/c23-17-7-3-5-15(11-17)13-21-19-9-1-2-10-20(19)22-14-16-6-4-8-18(24)12-16/h1-14,23-24H. The highest BCUT2D eigenvalue weighted by atomic mass is 16.3. The smallest absolute Gasteiger partial charge is 0.116 e. The average molecular weight is 316 g/mol. The molecule has 0 unspecified atom stereocenters. The molecule has 0 saturated heterocycles. The zero-order chi connectivity index (χ0) is 16.8. The van der Waals surface area contributed by atoms with Crippen molar-refractivity contribution in [1.29, 1.82) is 0 Å². The zero-order valence-electron chi connectivity index (χ0n) is 12.9. The Balaban J connectivity index is 1.85. The van der Waals surface area contributed by atoms with Gasteiger partial charge in [0.2, 0.25) is 0 Å². The Morgan fingerprint density at radius 1 is 0.583 bits per heavy atom. The second kappa shape index (κ2) is 7.24. The van der Waals surface area contributed by atoms with E-state index in [-0.39, 0.29) is 11.5 Å². The van der Waals surface area contributed by atoms with Gasteiger partial charge in [0, 0.05) is 12.4 Å². The SMILES string of the molecule is Oc1cccc(C=Nc2ccccc2N=Cc2cccc(O)c2)c1. The van der Waals surface area contributed by atoms with E-state index in [9.17, 15) is 10.2 Å². The first-order valence-corrected chi connectivity index (χ1v) is 7.46. The number of hydrogen-bond donors (Lipinski definition) is 2. The largest absolute Gasteiger partial charge is 0.508 e. The van der Waals surface area contributed by atoms with Crippen LogP contribution in [-0.4, -0.2) is 22.6 Å². The van der Waals surface area contributed by atoms with Crippen molar-refractivity contribution in [2.75, 3.05) is 0 Å². The summed E-state index contributed by atoms with van der Waals surface area (Å²) >= 11 is 0. The molecular weight excluding hydrogens is 300 g/mol.